The van der Waals surface area contributed by atoms with Gasteiger partial charge in [0, 0.05) is 54.6 Å². The minimum absolute atomic E-state index is 0. The fourth-order valence-corrected chi connectivity index (χ4v) is 9.92. The first kappa shape index (κ1) is 43.9. The molecule has 1 saturated heterocycles. The van der Waals surface area contributed by atoms with Crippen LogP contribution in [0.3, 0.4) is 0 Å². The fourth-order valence-electron chi connectivity index (χ4n) is 9.92. The van der Waals surface area contributed by atoms with Gasteiger partial charge >= 0.3 is 17.1 Å². The number of nitrogens with zero attached hydrogens (tertiary/aromatic N) is 2. The van der Waals surface area contributed by atoms with E-state index in [0.29, 0.717) is 0 Å². The van der Waals surface area contributed by atoms with Crippen molar-refractivity contribution in [1.29, 1.82) is 0 Å². The largest absolute Gasteiger partial charge is 2.00 e. The SMILES string of the molecule is Cc1cc(C)cc([C]2[C](c3cc(C)cc(C)c3)[C](c3cc(C)cc(C)c3)[C](c3cc(C)cc(C)c3)[C]2c2cc(C)cc(C)c2)c1.[CH]1[CH][C]2N=CC=C(N3CCCC3)[C]2[CH]1.[Fe+2]. The van der Waals surface area contributed by atoms with Crippen LogP contribution in [0.2, 0.25) is 0 Å². The number of hydrogen-bond donors (Lipinski definition) is 0. The van der Waals surface area contributed by atoms with Crippen LogP contribution in [0.5, 0.6) is 0 Å². The van der Waals surface area contributed by atoms with Gasteiger partial charge in [-0.05, 0) is 135 Å². The fraction of sp³-hybridized carbons (Fsp3) is 0.246. The van der Waals surface area contributed by atoms with Gasteiger partial charge in [0.2, 0.25) is 0 Å². The average Bonchev–Trinajstić information content (AvgIpc) is 3.93. The Kier molecular flexibility index (Phi) is 13.5. The first-order chi connectivity index (χ1) is 28.3. The Morgan fingerprint density at radius 1 is 0.383 bits per heavy atom. The van der Waals surface area contributed by atoms with E-state index < -0.39 is 0 Å². The molecule has 2 aliphatic heterocycles. The molecule has 0 aromatic heterocycles. The molecule has 302 valence electrons. The molecular weight excluding hydrogens is 768 g/mol. The number of hydrogen-bond acceptors (Lipinski definition) is 2. The summed E-state index contributed by atoms with van der Waals surface area (Å²) in [5, 5.41) is 0. The summed E-state index contributed by atoms with van der Waals surface area (Å²) >= 11 is 0. The van der Waals surface area contributed by atoms with E-state index in [4.69, 9.17) is 0 Å². The topological polar surface area (TPSA) is 15.6 Å². The summed E-state index contributed by atoms with van der Waals surface area (Å²) in [5.41, 5.74) is 20.6. The van der Waals surface area contributed by atoms with E-state index in [0.717, 1.165) is 6.04 Å². The molecule has 3 heteroatoms. The van der Waals surface area contributed by atoms with E-state index >= 15 is 0 Å². The number of benzene rings is 5. The Balaban J connectivity index is 0.000000304. The Hall–Kier alpha value is -4.17. The predicted octanol–water partition coefficient (Wildman–Crippen LogP) is 13.0. The third kappa shape index (κ3) is 9.34. The second kappa shape index (κ2) is 18.4. The minimum Gasteiger partial charge on any atom is -0.374 e. The van der Waals surface area contributed by atoms with Crippen molar-refractivity contribution in [3.8, 4) is 0 Å². The van der Waals surface area contributed by atoms with Gasteiger partial charge in [-0.2, -0.15) is 0 Å². The minimum atomic E-state index is 0. The molecule has 5 aromatic carbocycles. The van der Waals surface area contributed by atoms with Crippen molar-refractivity contribution in [3.63, 3.8) is 0 Å². The van der Waals surface area contributed by atoms with E-state index in [1.165, 1.54) is 151 Å². The maximum Gasteiger partial charge on any atom is 2.00 e. The van der Waals surface area contributed by atoms with E-state index in [1.54, 1.807) is 0 Å². The van der Waals surface area contributed by atoms with Crippen LogP contribution in [0, 0.1) is 130 Å². The van der Waals surface area contributed by atoms with Gasteiger partial charge in [-0.3, -0.25) is 4.99 Å². The molecule has 0 spiro atoms. The number of aliphatic imine (C=N–C) groups is 1. The zero-order chi connectivity index (χ0) is 41.5. The van der Waals surface area contributed by atoms with Gasteiger partial charge in [0.1, 0.15) is 6.04 Å². The smallest absolute Gasteiger partial charge is 0.374 e. The molecule has 2 aliphatic carbocycles. The molecule has 2 saturated carbocycles. The van der Waals surface area contributed by atoms with Crippen LogP contribution in [0.1, 0.15) is 96.3 Å². The summed E-state index contributed by atoms with van der Waals surface area (Å²) in [6, 6.07) is 36.4. The van der Waals surface area contributed by atoms with Crippen LogP contribution in [-0.2, 0) is 17.1 Å². The summed E-state index contributed by atoms with van der Waals surface area (Å²) in [5.74, 6) is 7.90. The monoisotopic (exact) mass is 826 g/mol. The molecule has 10 radical (unpaired) electrons. The summed E-state index contributed by atoms with van der Waals surface area (Å²) in [6.45, 7) is 24.6. The molecule has 0 N–H and O–H groups in total. The molecular formula is C57H58FeN2+2. The Labute approximate surface area is 373 Å². The third-order valence-electron chi connectivity index (χ3n) is 11.8. The second-order valence-corrected chi connectivity index (χ2v) is 17.6. The summed E-state index contributed by atoms with van der Waals surface area (Å²) in [7, 11) is 0. The number of dihydropyridines is 1. The van der Waals surface area contributed by atoms with Gasteiger partial charge in [-0.15, -0.1) is 0 Å². The number of rotatable bonds is 6. The molecule has 9 rings (SSSR count). The zero-order valence-electron chi connectivity index (χ0n) is 37.1. The van der Waals surface area contributed by atoms with E-state index in [9.17, 15) is 0 Å². The van der Waals surface area contributed by atoms with Gasteiger partial charge < -0.3 is 4.90 Å². The zero-order valence-corrected chi connectivity index (χ0v) is 38.2. The van der Waals surface area contributed by atoms with Gasteiger partial charge in [0.25, 0.3) is 0 Å². The van der Waals surface area contributed by atoms with Crippen molar-refractivity contribution in [2.75, 3.05) is 13.1 Å². The summed E-state index contributed by atoms with van der Waals surface area (Å²) in [4.78, 5) is 6.81. The molecule has 3 fully saturated rings. The molecule has 0 atom stereocenters. The third-order valence-corrected chi connectivity index (χ3v) is 11.8. The standard InChI is InChI=1S/C45H45.C12H13N2.Fe/c1-26-11-27(2)17-36(16-26)41-42(37-18-28(3)12-29(4)19-37)44(39-22-32(7)14-33(8)23-39)45(40-24-34(9)15-35(10)25-40)43(41)38-20-30(5)13-31(6)21-38;1-2-9-14(8-1)12-6-7-13-11-5-3-4-10(11)12;/h11-25H,1-10H3;3-7H,1-2,8-9H2;/q;;+2. The number of aryl methyl sites for hydroxylation is 10. The van der Waals surface area contributed by atoms with Crippen molar-refractivity contribution in [2.45, 2.75) is 82.1 Å². The predicted molar refractivity (Wildman–Crippen MR) is 248 cm³/mol. The normalized spacial score (nSPS) is 18.1. The van der Waals surface area contributed by atoms with Crippen molar-refractivity contribution >= 4 is 6.21 Å². The Bertz CT molecular complexity index is 1960. The summed E-state index contributed by atoms with van der Waals surface area (Å²) < 4.78 is 0. The molecule has 2 nitrogen and oxygen atoms in total. The van der Waals surface area contributed by atoms with Crippen LogP contribution in [-0.4, -0.2) is 24.2 Å². The van der Waals surface area contributed by atoms with Crippen LogP contribution in [0.25, 0.3) is 0 Å². The molecule has 5 aromatic rings. The number of allylic oxidation sites excluding steroid dienone is 1. The molecule has 0 bridgehead atoms. The molecule has 2 heterocycles. The van der Waals surface area contributed by atoms with Crippen molar-refractivity contribution in [2.24, 2.45) is 4.99 Å². The van der Waals surface area contributed by atoms with E-state index in [2.05, 4.69) is 195 Å². The van der Waals surface area contributed by atoms with Crippen LogP contribution in [0.15, 0.2) is 108 Å². The maximum absolute atomic E-state index is 4.35. The van der Waals surface area contributed by atoms with Gasteiger partial charge in [-0.1, -0.05) is 147 Å². The Morgan fingerprint density at radius 3 is 0.950 bits per heavy atom. The van der Waals surface area contributed by atoms with Crippen LogP contribution < -0.4 is 0 Å². The van der Waals surface area contributed by atoms with Gasteiger partial charge in [-0.25, -0.2) is 0 Å². The summed E-state index contributed by atoms with van der Waals surface area (Å²) in [6.07, 6.45) is 13.0. The average molecular weight is 827 g/mol. The first-order valence-electron chi connectivity index (χ1n) is 21.4. The number of likely N-dealkylation sites (tertiary alicyclic amines) is 1. The first-order valence-corrected chi connectivity index (χ1v) is 21.4. The van der Waals surface area contributed by atoms with Gasteiger partial charge in [0.05, 0.1) is 5.92 Å². The maximum atomic E-state index is 4.35. The van der Waals surface area contributed by atoms with Crippen LogP contribution >= 0.6 is 0 Å². The van der Waals surface area contributed by atoms with Crippen LogP contribution in [0.4, 0.5) is 0 Å². The Morgan fingerprint density at radius 2 is 0.667 bits per heavy atom. The van der Waals surface area contributed by atoms with Crippen molar-refractivity contribution in [3.05, 3.63) is 247 Å². The quantitative estimate of drug-likeness (QED) is 0.156. The molecule has 60 heavy (non-hydrogen) atoms. The van der Waals surface area contributed by atoms with E-state index in [1.807, 2.05) is 6.21 Å². The second-order valence-electron chi connectivity index (χ2n) is 17.6. The van der Waals surface area contributed by atoms with Gasteiger partial charge in [0.15, 0.2) is 0 Å². The van der Waals surface area contributed by atoms with E-state index in [-0.39, 0.29) is 17.1 Å². The van der Waals surface area contributed by atoms with Crippen molar-refractivity contribution < 1.29 is 17.1 Å². The number of fused-ring (bicyclic) bond motifs is 1. The molecule has 0 amide bonds. The molecule has 4 aliphatic rings. The molecule has 0 unspecified atom stereocenters. The van der Waals surface area contributed by atoms with Crippen molar-refractivity contribution in [1.82, 2.24) is 4.90 Å².